The number of nitrogens with one attached hydrogen (secondary N) is 2. The second kappa shape index (κ2) is 7.69. The van der Waals surface area contributed by atoms with Crippen molar-refractivity contribution in [2.75, 3.05) is 5.32 Å². The number of carbonyl (C=O) groups is 1. The third kappa shape index (κ3) is 3.56. The van der Waals surface area contributed by atoms with Gasteiger partial charge in [-0.15, -0.1) is 16.4 Å². The molecule has 0 atom stereocenters. The van der Waals surface area contributed by atoms with E-state index in [1.807, 2.05) is 35.7 Å². The van der Waals surface area contributed by atoms with Crippen LogP contribution in [0.5, 0.6) is 0 Å². The molecule has 148 valence electrons. The molecule has 0 fully saturated rings. The van der Waals surface area contributed by atoms with Gasteiger partial charge in [0.2, 0.25) is 10.1 Å². The molecule has 9 heteroatoms. The molecule has 3 heterocycles. The molecule has 2 N–H and O–H groups in total. The normalized spacial score (nSPS) is 11.1. The number of rotatable bonds is 5. The summed E-state index contributed by atoms with van der Waals surface area (Å²) in [6.45, 7) is 0.512. The molecule has 5 rings (SSSR count). The van der Waals surface area contributed by atoms with Gasteiger partial charge in [-0.05, 0) is 47.8 Å². The van der Waals surface area contributed by atoms with Crippen LogP contribution >= 0.6 is 22.7 Å². The molecule has 0 spiro atoms. The Hall–Kier alpha value is -3.56. The monoisotopic (exact) mass is 433 g/mol. The lowest BCUT2D eigenvalue weighted by atomic mass is 10.2. The Balaban J connectivity index is 1.33. The van der Waals surface area contributed by atoms with Crippen LogP contribution in [0.1, 0.15) is 15.2 Å². The minimum absolute atomic E-state index is 0.127. The predicted octanol–water partition coefficient (Wildman–Crippen LogP) is 4.04. The lowest BCUT2D eigenvalue weighted by Gasteiger charge is -2.06. The SMILES string of the molecule is O=C(NCc1cccs1)c1ccc(Nc2nn3c(=O)c4ccccc4nc3s2)cc1. The van der Waals surface area contributed by atoms with Gasteiger partial charge in [0.05, 0.1) is 17.4 Å². The highest BCUT2D eigenvalue weighted by atomic mass is 32.1. The first-order valence-corrected chi connectivity index (χ1v) is 10.8. The standard InChI is InChI=1S/C21H15N5O2S2/c27-18(22-12-15-4-3-11-29-15)13-7-9-14(10-8-13)23-20-25-26-19(28)16-5-1-2-6-17(16)24-21(26)30-20/h1-11H,12H2,(H,22,27)(H,23,25). The highest BCUT2D eigenvalue weighted by Gasteiger charge is 2.11. The van der Waals surface area contributed by atoms with E-state index in [2.05, 4.69) is 20.7 Å². The van der Waals surface area contributed by atoms with Crippen LogP contribution in [0.15, 0.2) is 70.8 Å². The fourth-order valence-electron chi connectivity index (χ4n) is 3.02. The van der Waals surface area contributed by atoms with E-state index in [1.54, 1.807) is 41.7 Å². The molecule has 30 heavy (non-hydrogen) atoms. The summed E-state index contributed by atoms with van der Waals surface area (Å²) in [4.78, 5) is 31.0. The molecule has 0 aliphatic heterocycles. The molecular formula is C21H15N5O2S2. The zero-order valence-corrected chi connectivity index (χ0v) is 17.2. The molecule has 7 nitrogen and oxygen atoms in total. The van der Waals surface area contributed by atoms with Gasteiger partial charge in [0.25, 0.3) is 11.5 Å². The minimum atomic E-state index is -0.197. The average Bonchev–Trinajstić information content (AvgIpc) is 3.42. The van der Waals surface area contributed by atoms with Crippen LogP contribution in [0, 0.1) is 0 Å². The van der Waals surface area contributed by atoms with Crippen LogP contribution in [0.25, 0.3) is 15.9 Å². The third-order valence-electron chi connectivity index (χ3n) is 4.50. The summed E-state index contributed by atoms with van der Waals surface area (Å²) in [6.07, 6.45) is 0. The van der Waals surface area contributed by atoms with Crippen molar-refractivity contribution >= 4 is 55.3 Å². The van der Waals surface area contributed by atoms with Crippen molar-refractivity contribution in [2.24, 2.45) is 0 Å². The lowest BCUT2D eigenvalue weighted by Crippen LogP contribution is -2.22. The van der Waals surface area contributed by atoms with Gasteiger partial charge in [-0.25, -0.2) is 4.98 Å². The summed E-state index contributed by atoms with van der Waals surface area (Å²) in [5.74, 6) is -0.127. The van der Waals surface area contributed by atoms with Crippen molar-refractivity contribution in [3.05, 3.63) is 86.8 Å². The highest BCUT2D eigenvalue weighted by Crippen LogP contribution is 2.23. The van der Waals surface area contributed by atoms with E-state index in [0.717, 1.165) is 10.6 Å². The number of hydrogen-bond donors (Lipinski definition) is 2. The molecule has 0 aliphatic carbocycles. The van der Waals surface area contributed by atoms with Crippen LogP contribution in [-0.4, -0.2) is 20.5 Å². The number of aromatic nitrogens is 3. The average molecular weight is 434 g/mol. The summed E-state index contributed by atoms with van der Waals surface area (Å²) in [5.41, 5.74) is 1.79. The van der Waals surface area contributed by atoms with E-state index in [-0.39, 0.29) is 11.5 Å². The predicted molar refractivity (Wildman–Crippen MR) is 120 cm³/mol. The molecule has 0 saturated heterocycles. The van der Waals surface area contributed by atoms with Gasteiger partial charge in [-0.3, -0.25) is 9.59 Å². The van der Waals surface area contributed by atoms with Gasteiger partial charge >= 0.3 is 0 Å². The van der Waals surface area contributed by atoms with Crippen molar-refractivity contribution in [2.45, 2.75) is 6.54 Å². The Kier molecular flexibility index (Phi) is 4.74. The molecule has 2 aromatic carbocycles. The number of fused-ring (bicyclic) bond motifs is 2. The summed E-state index contributed by atoms with van der Waals surface area (Å²) >= 11 is 2.90. The number of amides is 1. The van der Waals surface area contributed by atoms with Gasteiger partial charge in [-0.1, -0.05) is 29.5 Å². The Morgan fingerprint density at radius 2 is 1.87 bits per heavy atom. The summed E-state index contributed by atoms with van der Waals surface area (Å²) < 4.78 is 1.31. The maximum absolute atomic E-state index is 12.6. The maximum atomic E-state index is 12.6. The topological polar surface area (TPSA) is 88.4 Å². The largest absolute Gasteiger partial charge is 0.347 e. The molecule has 0 unspecified atom stereocenters. The number of nitrogens with zero attached hydrogens (tertiary/aromatic N) is 3. The molecule has 0 saturated carbocycles. The lowest BCUT2D eigenvalue weighted by molar-refractivity contribution is 0.0951. The molecule has 5 aromatic rings. The van der Waals surface area contributed by atoms with Crippen LogP contribution in [0.4, 0.5) is 10.8 Å². The Morgan fingerprint density at radius 3 is 2.67 bits per heavy atom. The third-order valence-corrected chi connectivity index (χ3v) is 6.20. The van der Waals surface area contributed by atoms with Crippen LogP contribution in [0.3, 0.4) is 0 Å². The Labute approximate surface area is 178 Å². The molecule has 1 amide bonds. The van der Waals surface area contributed by atoms with Gasteiger partial charge in [-0.2, -0.15) is 4.52 Å². The zero-order chi connectivity index (χ0) is 20.5. The molecule has 0 aliphatic rings. The summed E-state index contributed by atoms with van der Waals surface area (Å²) in [5, 5.41) is 13.5. The molecule has 0 bridgehead atoms. The van der Waals surface area contributed by atoms with Crippen LogP contribution in [-0.2, 0) is 6.54 Å². The Bertz CT molecular complexity index is 1410. The van der Waals surface area contributed by atoms with Crippen LogP contribution in [0.2, 0.25) is 0 Å². The molecular weight excluding hydrogens is 418 g/mol. The Morgan fingerprint density at radius 1 is 1.03 bits per heavy atom. The first-order valence-electron chi connectivity index (χ1n) is 9.14. The van der Waals surface area contributed by atoms with Crippen molar-refractivity contribution in [3.63, 3.8) is 0 Å². The number of anilines is 2. The van der Waals surface area contributed by atoms with Crippen molar-refractivity contribution in [1.29, 1.82) is 0 Å². The fourth-order valence-corrected chi connectivity index (χ4v) is 4.48. The first-order chi connectivity index (χ1) is 14.7. The van der Waals surface area contributed by atoms with Gasteiger partial charge in [0.1, 0.15) is 0 Å². The summed E-state index contributed by atoms with van der Waals surface area (Å²) in [7, 11) is 0. The maximum Gasteiger partial charge on any atom is 0.283 e. The minimum Gasteiger partial charge on any atom is -0.347 e. The van der Waals surface area contributed by atoms with Gasteiger partial charge < -0.3 is 10.6 Å². The van der Waals surface area contributed by atoms with Crippen molar-refractivity contribution < 1.29 is 4.79 Å². The number of benzene rings is 2. The van der Waals surface area contributed by atoms with Crippen molar-refractivity contribution in [1.82, 2.24) is 19.9 Å². The fraction of sp³-hybridized carbons (Fsp3) is 0.0476. The van der Waals surface area contributed by atoms with Gasteiger partial charge in [0.15, 0.2) is 0 Å². The van der Waals surface area contributed by atoms with E-state index < -0.39 is 0 Å². The number of thiophene rings is 1. The van der Waals surface area contributed by atoms with E-state index in [9.17, 15) is 9.59 Å². The second-order valence-electron chi connectivity index (χ2n) is 6.50. The first kappa shape index (κ1) is 18.5. The van der Waals surface area contributed by atoms with E-state index in [0.29, 0.717) is 33.1 Å². The van der Waals surface area contributed by atoms with E-state index in [4.69, 9.17) is 0 Å². The highest BCUT2D eigenvalue weighted by molar-refractivity contribution is 7.20. The number of hydrogen-bond acceptors (Lipinski definition) is 7. The molecule has 0 radical (unpaired) electrons. The summed E-state index contributed by atoms with van der Waals surface area (Å²) in [6, 6.07) is 18.3. The number of carbonyl (C=O) groups excluding carboxylic acids is 1. The van der Waals surface area contributed by atoms with Gasteiger partial charge in [0, 0.05) is 16.1 Å². The van der Waals surface area contributed by atoms with E-state index >= 15 is 0 Å². The van der Waals surface area contributed by atoms with Crippen molar-refractivity contribution in [3.8, 4) is 0 Å². The van der Waals surface area contributed by atoms with Crippen LogP contribution < -0.4 is 16.2 Å². The molecule has 3 aromatic heterocycles. The quantitative estimate of drug-likeness (QED) is 0.437. The zero-order valence-electron chi connectivity index (χ0n) is 15.5. The number of para-hydroxylation sites is 1. The second-order valence-corrected chi connectivity index (χ2v) is 8.49. The van der Waals surface area contributed by atoms with E-state index in [1.165, 1.54) is 15.9 Å². The smallest absolute Gasteiger partial charge is 0.283 e.